The second-order valence-corrected chi connectivity index (χ2v) is 3.75. The molecular weight excluding hydrogens is 212 g/mol. The van der Waals surface area contributed by atoms with E-state index in [-0.39, 0.29) is 6.10 Å². The second-order valence-electron chi connectivity index (χ2n) is 3.75. The lowest BCUT2D eigenvalue weighted by Gasteiger charge is -2.09. The van der Waals surface area contributed by atoms with Crippen LogP contribution in [0.5, 0.6) is 5.75 Å². The van der Waals surface area contributed by atoms with Gasteiger partial charge in [0.2, 0.25) is 0 Å². The van der Waals surface area contributed by atoms with E-state index in [9.17, 15) is 5.11 Å². The average Bonchev–Trinajstić information content (AvgIpc) is 2.39. The molecule has 0 radical (unpaired) electrons. The fourth-order valence-electron chi connectivity index (χ4n) is 1.50. The highest BCUT2D eigenvalue weighted by Gasteiger charge is 2.01. The van der Waals surface area contributed by atoms with Crippen molar-refractivity contribution in [3.05, 3.63) is 30.3 Å². The van der Waals surface area contributed by atoms with Crippen LogP contribution in [0, 0.1) is 0 Å². The van der Waals surface area contributed by atoms with Crippen molar-refractivity contribution in [1.29, 1.82) is 0 Å². The quantitative estimate of drug-likeness (QED) is 0.727. The lowest BCUT2D eigenvalue weighted by Crippen LogP contribution is -2.08. The van der Waals surface area contributed by atoms with Crippen molar-refractivity contribution < 1.29 is 9.84 Å². The molecule has 0 aliphatic rings. The summed E-state index contributed by atoms with van der Waals surface area (Å²) >= 11 is 0. The number of benzene rings is 1. The number of para-hydroxylation sites is 1. The minimum absolute atomic E-state index is 0.158. The first-order chi connectivity index (χ1) is 8.33. The van der Waals surface area contributed by atoms with Gasteiger partial charge >= 0.3 is 0 Å². The predicted octanol–water partition coefficient (Wildman–Crippen LogP) is 4.03. The van der Waals surface area contributed by atoms with Crippen molar-refractivity contribution in [2.24, 2.45) is 0 Å². The molecule has 1 rings (SSSR count). The predicted molar refractivity (Wildman–Crippen MR) is 73.4 cm³/mol. The molecular formula is C15H26O2. The highest BCUT2D eigenvalue weighted by atomic mass is 16.5. The van der Waals surface area contributed by atoms with Crippen molar-refractivity contribution in [2.45, 2.75) is 52.6 Å². The van der Waals surface area contributed by atoms with Crippen LogP contribution in [0.2, 0.25) is 0 Å². The molecule has 1 aromatic carbocycles. The summed E-state index contributed by atoms with van der Waals surface area (Å²) in [5, 5.41) is 9.49. The molecule has 0 spiro atoms. The normalized spacial score (nSPS) is 11.3. The summed E-state index contributed by atoms with van der Waals surface area (Å²) in [6.07, 6.45) is 3.53. The molecule has 1 atom stereocenters. The molecule has 0 aromatic heterocycles. The third kappa shape index (κ3) is 8.75. The van der Waals surface area contributed by atoms with Gasteiger partial charge in [-0.1, -0.05) is 45.4 Å². The van der Waals surface area contributed by atoms with Gasteiger partial charge in [0.15, 0.2) is 0 Å². The van der Waals surface area contributed by atoms with Crippen molar-refractivity contribution in [3.8, 4) is 5.75 Å². The number of hydrogen-bond acceptors (Lipinski definition) is 2. The van der Waals surface area contributed by atoms with Gasteiger partial charge in [0.1, 0.15) is 5.75 Å². The monoisotopic (exact) mass is 238 g/mol. The lowest BCUT2D eigenvalue weighted by atomic mass is 10.1. The first-order valence-corrected chi connectivity index (χ1v) is 6.69. The summed E-state index contributed by atoms with van der Waals surface area (Å²) in [7, 11) is 0. The lowest BCUT2D eigenvalue weighted by molar-refractivity contribution is 0.142. The maximum atomic E-state index is 9.49. The Kier molecular flexibility index (Phi) is 10.8. The molecule has 98 valence electrons. The maximum absolute atomic E-state index is 9.49. The molecule has 0 aliphatic carbocycles. The fraction of sp³-hybridized carbons (Fsp3) is 0.600. The Hall–Kier alpha value is -1.02. The number of aliphatic hydroxyl groups is 1. The molecule has 2 heteroatoms. The summed E-state index contributed by atoms with van der Waals surface area (Å²) in [5.74, 6) is 0.905. The van der Waals surface area contributed by atoms with Gasteiger partial charge in [0.25, 0.3) is 0 Å². The summed E-state index contributed by atoms with van der Waals surface area (Å²) in [6.45, 7) is 6.77. The van der Waals surface area contributed by atoms with Crippen molar-refractivity contribution in [2.75, 3.05) is 6.61 Å². The highest BCUT2D eigenvalue weighted by molar-refractivity contribution is 5.20. The molecule has 0 amide bonds. The molecule has 0 heterocycles. The van der Waals surface area contributed by atoms with Gasteiger partial charge in [-0.2, -0.15) is 0 Å². The van der Waals surface area contributed by atoms with Gasteiger partial charge in [-0.25, -0.2) is 0 Å². The standard InChI is InChI=1S/C13H20O2.C2H6/c1-2-7-12(14)8-6-11-15-13-9-4-3-5-10-13;1-2/h3-5,9-10,12,14H,2,6-8,11H2,1H3;1-2H3. The van der Waals surface area contributed by atoms with Crippen LogP contribution in [0.1, 0.15) is 46.5 Å². The van der Waals surface area contributed by atoms with E-state index in [2.05, 4.69) is 6.92 Å². The molecule has 1 aromatic rings. The summed E-state index contributed by atoms with van der Waals surface area (Å²) < 4.78 is 5.52. The third-order valence-electron chi connectivity index (χ3n) is 2.32. The highest BCUT2D eigenvalue weighted by Crippen LogP contribution is 2.10. The Balaban J connectivity index is 0.00000121. The number of hydrogen-bond donors (Lipinski definition) is 1. The molecule has 17 heavy (non-hydrogen) atoms. The van der Waals surface area contributed by atoms with Crippen molar-refractivity contribution in [3.63, 3.8) is 0 Å². The van der Waals surface area contributed by atoms with Crippen molar-refractivity contribution in [1.82, 2.24) is 0 Å². The SMILES string of the molecule is CC.CCCC(O)CCCOc1ccccc1. The Morgan fingerprint density at radius 3 is 2.35 bits per heavy atom. The molecule has 2 nitrogen and oxygen atoms in total. The van der Waals surface area contributed by atoms with Gasteiger partial charge in [-0.15, -0.1) is 0 Å². The fourth-order valence-corrected chi connectivity index (χ4v) is 1.50. The van der Waals surface area contributed by atoms with Crippen LogP contribution >= 0.6 is 0 Å². The Bertz CT molecular complexity index is 246. The van der Waals surface area contributed by atoms with Gasteiger partial charge in [0, 0.05) is 0 Å². The Labute approximate surface area is 106 Å². The molecule has 0 bridgehead atoms. The zero-order chi connectivity index (χ0) is 12.9. The maximum Gasteiger partial charge on any atom is 0.119 e. The summed E-state index contributed by atoms with van der Waals surface area (Å²) in [4.78, 5) is 0. The van der Waals surface area contributed by atoms with E-state index >= 15 is 0 Å². The minimum Gasteiger partial charge on any atom is -0.494 e. The van der Waals surface area contributed by atoms with E-state index < -0.39 is 0 Å². The smallest absolute Gasteiger partial charge is 0.119 e. The van der Waals surface area contributed by atoms with Gasteiger partial charge in [-0.3, -0.25) is 0 Å². The molecule has 1 unspecified atom stereocenters. The van der Waals surface area contributed by atoms with E-state index in [1.54, 1.807) is 0 Å². The molecule has 0 saturated heterocycles. The van der Waals surface area contributed by atoms with E-state index in [0.29, 0.717) is 6.61 Å². The van der Waals surface area contributed by atoms with Crippen LogP contribution < -0.4 is 4.74 Å². The molecule has 0 aliphatic heterocycles. The molecule has 0 saturated carbocycles. The molecule has 1 N–H and O–H groups in total. The zero-order valence-electron chi connectivity index (χ0n) is 11.4. The number of aliphatic hydroxyl groups excluding tert-OH is 1. The first-order valence-electron chi connectivity index (χ1n) is 6.69. The van der Waals surface area contributed by atoms with Crippen LogP contribution in [0.25, 0.3) is 0 Å². The second kappa shape index (κ2) is 11.5. The van der Waals surface area contributed by atoms with Crippen LogP contribution in [0.15, 0.2) is 30.3 Å². The first kappa shape index (κ1) is 16.0. The van der Waals surface area contributed by atoms with Gasteiger partial charge in [0.05, 0.1) is 12.7 Å². The van der Waals surface area contributed by atoms with Gasteiger partial charge < -0.3 is 9.84 Å². The van der Waals surface area contributed by atoms with Crippen LogP contribution in [0.4, 0.5) is 0 Å². The molecule has 0 fully saturated rings. The zero-order valence-corrected chi connectivity index (χ0v) is 11.4. The topological polar surface area (TPSA) is 29.5 Å². The summed E-state index contributed by atoms with van der Waals surface area (Å²) in [5.41, 5.74) is 0. The number of ether oxygens (including phenoxy) is 1. The Morgan fingerprint density at radius 2 is 1.76 bits per heavy atom. The van der Waals surface area contributed by atoms with Crippen LogP contribution in [-0.2, 0) is 0 Å². The van der Waals surface area contributed by atoms with Crippen molar-refractivity contribution >= 4 is 0 Å². The van der Waals surface area contributed by atoms with Crippen LogP contribution in [-0.4, -0.2) is 17.8 Å². The minimum atomic E-state index is -0.158. The van der Waals surface area contributed by atoms with E-state index in [1.807, 2.05) is 44.2 Å². The largest absolute Gasteiger partial charge is 0.494 e. The van der Waals surface area contributed by atoms with E-state index in [4.69, 9.17) is 4.74 Å². The third-order valence-corrected chi connectivity index (χ3v) is 2.32. The van der Waals surface area contributed by atoms with E-state index in [0.717, 1.165) is 31.4 Å². The van der Waals surface area contributed by atoms with E-state index in [1.165, 1.54) is 0 Å². The van der Waals surface area contributed by atoms with Crippen LogP contribution in [0.3, 0.4) is 0 Å². The summed E-state index contributed by atoms with van der Waals surface area (Å²) in [6, 6.07) is 9.78. The van der Waals surface area contributed by atoms with Gasteiger partial charge in [-0.05, 0) is 31.4 Å². The Morgan fingerprint density at radius 1 is 1.12 bits per heavy atom. The number of rotatable bonds is 7. The average molecular weight is 238 g/mol.